The van der Waals surface area contributed by atoms with E-state index in [1.165, 1.54) is 0 Å². The van der Waals surface area contributed by atoms with E-state index in [0.29, 0.717) is 0 Å². The number of likely N-dealkylation sites (N-methyl/N-ethyl adjacent to an activating group) is 1. The number of rotatable bonds is 2. The average Bonchev–Trinajstić information content (AvgIpc) is 2.17. The molecule has 0 aromatic rings. The highest BCUT2D eigenvalue weighted by Gasteiger charge is 2.23. The lowest BCUT2D eigenvalue weighted by Gasteiger charge is -2.35. The van der Waals surface area contributed by atoms with Crippen molar-refractivity contribution in [1.29, 1.82) is 0 Å². The van der Waals surface area contributed by atoms with E-state index in [9.17, 15) is 4.79 Å². The van der Waals surface area contributed by atoms with Crippen LogP contribution in [0.5, 0.6) is 0 Å². The van der Waals surface area contributed by atoms with Gasteiger partial charge in [-0.05, 0) is 14.0 Å². The Hall–Kier alpha value is -0.650. The Kier molecular flexibility index (Phi) is 3.65. The molecule has 5 heteroatoms. The second-order valence-corrected chi connectivity index (χ2v) is 3.52. The number of hydrazine groups is 1. The van der Waals surface area contributed by atoms with Crippen molar-refractivity contribution in [3.8, 4) is 0 Å². The van der Waals surface area contributed by atoms with Gasteiger partial charge < -0.3 is 4.90 Å². The Morgan fingerprint density at radius 3 is 2.38 bits per heavy atom. The number of hydrogen-bond donors (Lipinski definition) is 2. The zero-order chi connectivity index (χ0) is 9.84. The summed E-state index contributed by atoms with van der Waals surface area (Å²) < 4.78 is 0. The summed E-state index contributed by atoms with van der Waals surface area (Å²) in [6.07, 6.45) is 0. The molecule has 1 atom stereocenters. The number of hydrogen-bond acceptors (Lipinski definition) is 4. The molecule has 1 aliphatic rings. The first-order valence-electron chi connectivity index (χ1n) is 4.58. The van der Waals surface area contributed by atoms with Crippen molar-refractivity contribution in [1.82, 2.24) is 15.2 Å². The van der Waals surface area contributed by atoms with Gasteiger partial charge in [0.05, 0.1) is 6.04 Å². The third-order valence-electron chi connectivity index (χ3n) is 2.61. The zero-order valence-corrected chi connectivity index (χ0v) is 8.29. The fourth-order valence-corrected chi connectivity index (χ4v) is 1.50. The fraction of sp³-hybridized carbons (Fsp3) is 0.875. The first-order valence-corrected chi connectivity index (χ1v) is 4.58. The molecule has 0 aliphatic carbocycles. The number of nitrogens with zero attached hydrogens (tertiary/aromatic N) is 2. The van der Waals surface area contributed by atoms with Gasteiger partial charge in [-0.15, -0.1) is 0 Å². The molecule has 0 unspecified atom stereocenters. The number of nitrogens with two attached hydrogens (primary N) is 1. The van der Waals surface area contributed by atoms with Gasteiger partial charge in [0.25, 0.3) is 5.91 Å². The molecule has 0 radical (unpaired) electrons. The molecule has 0 aromatic carbocycles. The van der Waals surface area contributed by atoms with Crippen LogP contribution in [0.1, 0.15) is 6.92 Å². The first kappa shape index (κ1) is 10.4. The van der Waals surface area contributed by atoms with Crippen LogP contribution in [0.15, 0.2) is 0 Å². The van der Waals surface area contributed by atoms with E-state index in [-0.39, 0.29) is 11.9 Å². The number of carbonyl (C=O) groups is 1. The Morgan fingerprint density at radius 2 is 1.92 bits per heavy atom. The van der Waals surface area contributed by atoms with E-state index in [1.807, 2.05) is 6.92 Å². The molecule has 1 saturated heterocycles. The van der Waals surface area contributed by atoms with Crippen molar-refractivity contribution in [2.45, 2.75) is 13.0 Å². The average molecular weight is 186 g/mol. The normalized spacial score (nSPS) is 22.7. The molecular weight excluding hydrogens is 168 g/mol. The van der Waals surface area contributed by atoms with Crippen LogP contribution < -0.4 is 11.3 Å². The maximum absolute atomic E-state index is 11.2. The lowest BCUT2D eigenvalue weighted by atomic mass is 10.2. The van der Waals surface area contributed by atoms with E-state index in [4.69, 9.17) is 5.84 Å². The van der Waals surface area contributed by atoms with Gasteiger partial charge in [-0.1, -0.05) is 0 Å². The molecule has 1 heterocycles. The summed E-state index contributed by atoms with van der Waals surface area (Å²) in [7, 11) is 2.09. The quantitative estimate of drug-likeness (QED) is 0.317. The number of nitrogens with one attached hydrogen (secondary N) is 1. The third kappa shape index (κ3) is 2.65. The van der Waals surface area contributed by atoms with Crippen molar-refractivity contribution >= 4 is 5.91 Å². The predicted molar refractivity (Wildman–Crippen MR) is 50.9 cm³/mol. The Morgan fingerprint density at radius 1 is 1.38 bits per heavy atom. The lowest BCUT2D eigenvalue weighted by molar-refractivity contribution is -0.126. The van der Waals surface area contributed by atoms with E-state index in [0.717, 1.165) is 26.2 Å². The second kappa shape index (κ2) is 4.55. The van der Waals surface area contributed by atoms with Crippen LogP contribution in [0, 0.1) is 0 Å². The van der Waals surface area contributed by atoms with Crippen LogP contribution in [-0.2, 0) is 4.79 Å². The van der Waals surface area contributed by atoms with Crippen LogP contribution in [0.2, 0.25) is 0 Å². The Bertz CT molecular complexity index is 177. The molecule has 1 fully saturated rings. The van der Waals surface area contributed by atoms with E-state index in [2.05, 4.69) is 22.3 Å². The maximum atomic E-state index is 11.2. The summed E-state index contributed by atoms with van der Waals surface area (Å²) in [6.45, 7) is 5.79. The highest BCUT2D eigenvalue weighted by atomic mass is 16.2. The van der Waals surface area contributed by atoms with Crippen molar-refractivity contribution in [3.63, 3.8) is 0 Å². The van der Waals surface area contributed by atoms with Crippen molar-refractivity contribution in [2.75, 3.05) is 33.2 Å². The molecule has 1 rings (SSSR count). The number of amides is 1. The highest BCUT2D eigenvalue weighted by molar-refractivity contribution is 5.80. The smallest absolute Gasteiger partial charge is 0.250 e. The number of carbonyl (C=O) groups excluding carboxylic acids is 1. The molecule has 76 valence electrons. The Labute approximate surface area is 78.8 Å². The van der Waals surface area contributed by atoms with Crippen molar-refractivity contribution in [2.24, 2.45) is 5.84 Å². The summed E-state index contributed by atoms with van der Waals surface area (Å²) in [5, 5.41) is 0. The molecular formula is C8H18N4O. The van der Waals surface area contributed by atoms with E-state index >= 15 is 0 Å². The SMILES string of the molecule is C[C@H](C(=O)NN)N1CCN(C)CC1. The molecule has 0 spiro atoms. The maximum Gasteiger partial charge on any atom is 0.250 e. The minimum Gasteiger partial charge on any atom is -0.304 e. The fourth-order valence-electron chi connectivity index (χ4n) is 1.50. The summed E-state index contributed by atoms with van der Waals surface area (Å²) in [4.78, 5) is 15.6. The molecule has 3 N–H and O–H groups in total. The molecule has 1 aliphatic heterocycles. The molecule has 0 saturated carbocycles. The van der Waals surface area contributed by atoms with Crippen molar-refractivity contribution < 1.29 is 4.79 Å². The molecule has 5 nitrogen and oxygen atoms in total. The summed E-state index contributed by atoms with van der Waals surface area (Å²) in [5.41, 5.74) is 2.18. The number of piperazine rings is 1. The summed E-state index contributed by atoms with van der Waals surface area (Å²) in [6, 6.07) is -0.112. The van der Waals surface area contributed by atoms with E-state index in [1.54, 1.807) is 0 Å². The summed E-state index contributed by atoms with van der Waals surface area (Å²) in [5.74, 6) is 4.96. The standard InChI is InChI=1S/C8H18N4O/c1-7(8(13)10-9)12-5-3-11(2)4-6-12/h7H,3-6,9H2,1-2H3,(H,10,13)/t7-/m1/s1. The van der Waals surface area contributed by atoms with Gasteiger partial charge in [0.15, 0.2) is 0 Å². The molecule has 1 amide bonds. The van der Waals surface area contributed by atoms with Crippen molar-refractivity contribution in [3.05, 3.63) is 0 Å². The van der Waals surface area contributed by atoms with Gasteiger partial charge in [0.1, 0.15) is 0 Å². The van der Waals surface area contributed by atoms with Gasteiger partial charge in [-0.3, -0.25) is 15.1 Å². The van der Waals surface area contributed by atoms with E-state index < -0.39 is 0 Å². The summed E-state index contributed by atoms with van der Waals surface area (Å²) >= 11 is 0. The highest BCUT2D eigenvalue weighted by Crippen LogP contribution is 2.04. The molecule has 13 heavy (non-hydrogen) atoms. The first-order chi connectivity index (χ1) is 6.15. The monoisotopic (exact) mass is 186 g/mol. The van der Waals surface area contributed by atoms with Crippen LogP contribution in [0.25, 0.3) is 0 Å². The van der Waals surface area contributed by atoms with Gasteiger partial charge in [-0.25, -0.2) is 5.84 Å². The predicted octanol–water partition coefficient (Wildman–Crippen LogP) is -1.39. The molecule has 0 aromatic heterocycles. The minimum atomic E-state index is -0.112. The van der Waals surface area contributed by atoms with Crippen LogP contribution >= 0.6 is 0 Å². The largest absolute Gasteiger partial charge is 0.304 e. The topological polar surface area (TPSA) is 61.6 Å². The van der Waals surface area contributed by atoms with Gasteiger partial charge in [0, 0.05) is 26.2 Å². The van der Waals surface area contributed by atoms with Crippen LogP contribution in [0.4, 0.5) is 0 Å². The third-order valence-corrected chi connectivity index (χ3v) is 2.61. The minimum absolute atomic E-state index is 0.107. The molecule has 0 bridgehead atoms. The van der Waals surface area contributed by atoms with Crippen LogP contribution in [-0.4, -0.2) is 55.0 Å². The van der Waals surface area contributed by atoms with Crippen LogP contribution in [0.3, 0.4) is 0 Å². The second-order valence-electron chi connectivity index (χ2n) is 3.52. The van der Waals surface area contributed by atoms with Gasteiger partial charge in [0.2, 0.25) is 0 Å². The lowest BCUT2D eigenvalue weighted by Crippen LogP contribution is -2.54. The van der Waals surface area contributed by atoms with Gasteiger partial charge >= 0.3 is 0 Å². The zero-order valence-electron chi connectivity index (χ0n) is 8.29. The van der Waals surface area contributed by atoms with Gasteiger partial charge in [-0.2, -0.15) is 0 Å². The Balaban J connectivity index is 2.39.